The zero-order chi connectivity index (χ0) is 20.9. The number of benzene rings is 2. The van der Waals surface area contributed by atoms with Crippen molar-refractivity contribution in [3.05, 3.63) is 89.6 Å². The number of hydrogen-bond acceptors (Lipinski definition) is 5. The van der Waals surface area contributed by atoms with Gasteiger partial charge in [0, 0.05) is 28.9 Å². The molecular formula is C22H16F2N4OS. The van der Waals surface area contributed by atoms with Crippen LogP contribution in [0.15, 0.2) is 72.4 Å². The third kappa shape index (κ3) is 4.84. The molecule has 0 fully saturated rings. The van der Waals surface area contributed by atoms with E-state index in [2.05, 4.69) is 20.6 Å². The first kappa shape index (κ1) is 19.7. The van der Waals surface area contributed by atoms with Crippen LogP contribution in [0.1, 0.15) is 5.56 Å². The van der Waals surface area contributed by atoms with Crippen molar-refractivity contribution in [2.45, 2.75) is 6.42 Å². The molecule has 0 radical (unpaired) electrons. The van der Waals surface area contributed by atoms with Gasteiger partial charge < -0.3 is 10.6 Å². The Morgan fingerprint density at radius 3 is 2.60 bits per heavy atom. The lowest BCUT2D eigenvalue weighted by Crippen LogP contribution is -2.15. The smallest absolute Gasteiger partial charge is 0.228 e. The van der Waals surface area contributed by atoms with Crippen LogP contribution in [0.4, 0.5) is 25.3 Å². The van der Waals surface area contributed by atoms with Gasteiger partial charge in [-0.15, -0.1) is 11.3 Å². The van der Waals surface area contributed by atoms with Crippen molar-refractivity contribution in [3.8, 4) is 11.3 Å². The minimum Gasteiger partial charge on any atom is -0.330 e. The van der Waals surface area contributed by atoms with E-state index in [0.717, 1.165) is 34.2 Å². The number of thiazole rings is 1. The Bertz CT molecular complexity index is 1160. The zero-order valence-corrected chi connectivity index (χ0v) is 16.4. The normalized spacial score (nSPS) is 10.6. The SMILES string of the molecule is O=C(Cc1ccc(F)cc1F)Nc1ccc(-c2csc(Nc3cccnc3)n2)cc1. The number of carbonyl (C=O) groups excluding carboxylic acids is 1. The first-order valence-electron chi connectivity index (χ1n) is 9.03. The molecule has 0 atom stereocenters. The maximum absolute atomic E-state index is 13.7. The minimum absolute atomic E-state index is 0.140. The number of aromatic nitrogens is 2. The molecule has 150 valence electrons. The van der Waals surface area contributed by atoms with E-state index in [4.69, 9.17) is 0 Å². The Morgan fingerprint density at radius 1 is 1.03 bits per heavy atom. The molecule has 1 amide bonds. The third-order valence-corrected chi connectivity index (χ3v) is 5.01. The van der Waals surface area contributed by atoms with Gasteiger partial charge in [0.05, 0.1) is 24.0 Å². The lowest BCUT2D eigenvalue weighted by molar-refractivity contribution is -0.115. The van der Waals surface area contributed by atoms with Crippen LogP contribution in [0, 0.1) is 11.6 Å². The first-order valence-corrected chi connectivity index (χ1v) is 9.91. The largest absolute Gasteiger partial charge is 0.330 e. The van der Waals surface area contributed by atoms with Crippen LogP contribution < -0.4 is 10.6 Å². The highest BCUT2D eigenvalue weighted by Gasteiger charge is 2.10. The van der Waals surface area contributed by atoms with E-state index in [1.165, 1.54) is 17.4 Å². The van der Waals surface area contributed by atoms with Crippen molar-refractivity contribution in [1.29, 1.82) is 0 Å². The van der Waals surface area contributed by atoms with E-state index < -0.39 is 11.6 Å². The summed E-state index contributed by atoms with van der Waals surface area (Å²) in [5.74, 6) is -1.79. The molecule has 0 aliphatic carbocycles. The van der Waals surface area contributed by atoms with Crippen molar-refractivity contribution in [1.82, 2.24) is 9.97 Å². The molecule has 5 nitrogen and oxygen atoms in total. The Labute approximate surface area is 175 Å². The van der Waals surface area contributed by atoms with Gasteiger partial charge in [0.1, 0.15) is 11.6 Å². The van der Waals surface area contributed by atoms with Crippen molar-refractivity contribution in [3.63, 3.8) is 0 Å². The summed E-state index contributed by atoms with van der Waals surface area (Å²) in [4.78, 5) is 20.8. The monoisotopic (exact) mass is 422 g/mol. The van der Waals surface area contributed by atoms with E-state index in [1.807, 2.05) is 29.6 Å². The lowest BCUT2D eigenvalue weighted by atomic mass is 10.1. The maximum Gasteiger partial charge on any atom is 0.228 e. The molecule has 4 aromatic rings. The molecule has 4 rings (SSSR count). The fraction of sp³-hybridized carbons (Fsp3) is 0.0455. The summed E-state index contributed by atoms with van der Waals surface area (Å²) < 4.78 is 26.7. The number of carbonyl (C=O) groups is 1. The quantitative estimate of drug-likeness (QED) is 0.436. The zero-order valence-electron chi connectivity index (χ0n) is 15.6. The van der Waals surface area contributed by atoms with E-state index in [0.29, 0.717) is 5.69 Å². The van der Waals surface area contributed by atoms with Gasteiger partial charge in [0.25, 0.3) is 0 Å². The molecule has 0 unspecified atom stereocenters. The second kappa shape index (κ2) is 8.79. The second-order valence-corrected chi connectivity index (χ2v) is 7.30. The Kier molecular flexibility index (Phi) is 5.76. The fourth-order valence-corrected chi connectivity index (χ4v) is 3.53. The summed E-state index contributed by atoms with van der Waals surface area (Å²) in [5.41, 5.74) is 3.27. The number of hydrogen-bond donors (Lipinski definition) is 2. The predicted molar refractivity (Wildman–Crippen MR) is 114 cm³/mol. The summed E-state index contributed by atoms with van der Waals surface area (Å²) in [7, 11) is 0. The van der Waals surface area contributed by atoms with Gasteiger partial charge in [-0.25, -0.2) is 13.8 Å². The van der Waals surface area contributed by atoms with Crippen molar-refractivity contribution < 1.29 is 13.6 Å². The topological polar surface area (TPSA) is 66.9 Å². The van der Waals surface area contributed by atoms with E-state index >= 15 is 0 Å². The Hall–Kier alpha value is -3.65. The molecule has 0 aliphatic rings. The molecule has 0 bridgehead atoms. The number of pyridine rings is 1. The Morgan fingerprint density at radius 2 is 1.87 bits per heavy atom. The average Bonchev–Trinajstić information content (AvgIpc) is 3.20. The number of rotatable bonds is 6. The molecule has 2 N–H and O–H groups in total. The number of anilines is 3. The molecule has 0 saturated carbocycles. The van der Waals surface area contributed by atoms with Gasteiger partial charge in [-0.2, -0.15) is 0 Å². The minimum atomic E-state index is -0.736. The van der Waals surface area contributed by atoms with Gasteiger partial charge in [0.2, 0.25) is 5.91 Å². The van der Waals surface area contributed by atoms with Crippen LogP contribution in [-0.2, 0) is 11.2 Å². The number of nitrogens with one attached hydrogen (secondary N) is 2. The van der Waals surface area contributed by atoms with E-state index in [9.17, 15) is 13.6 Å². The van der Waals surface area contributed by atoms with Crippen molar-refractivity contribution >= 4 is 33.8 Å². The van der Waals surface area contributed by atoms with Crippen LogP contribution in [0.25, 0.3) is 11.3 Å². The highest BCUT2D eigenvalue weighted by molar-refractivity contribution is 7.14. The summed E-state index contributed by atoms with van der Waals surface area (Å²) in [5, 5.41) is 8.59. The van der Waals surface area contributed by atoms with Gasteiger partial charge in [0.15, 0.2) is 5.13 Å². The molecule has 2 heterocycles. The Balaban J connectivity index is 1.39. The van der Waals surface area contributed by atoms with E-state index in [1.54, 1.807) is 24.5 Å². The van der Waals surface area contributed by atoms with Crippen LogP contribution in [0.3, 0.4) is 0 Å². The van der Waals surface area contributed by atoms with Crippen LogP contribution in [0.2, 0.25) is 0 Å². The molecule has 0 saturated heterocycles. The third-order valence-electron chi connectivity index (χ3n) is 4.25. The number of amides is 1. The van der Waals surface area contributed by atoms with Crippen LogP contribution >= 0.6 is 11.3 Å². The molecule has 2 aromatic heterocycles. The van der Waals surface area contributed by atoms with Gasteiger partial charge in [-0.1, -0.05) is 18.2 Å². The van der Waals surface area contributed by atoms with Crippen LogP contribution in [0.5, 0.6) is 0 Å². The van der Waals surface area contributed by atoms with Crippen molar-refractivity contribution in [2.75, 3.05) is 10.6 Å². The molecule has 8 heteroatoms. The highest BCUT2D eigenvalue weighted by atomic mass is 32.1. The number of halogens is 2. The summed E-state index contributed by atoms with van der Waals surface area (Å²) in [6, 6.07) is 14.1. The molecular weight excluding hydrogens is 406 g/mol. The number of nitrogens with zero attached hydrogens (tertiary/aromatic N) is 2. The lowest BCUT2D eigenvalue weighted by Gasteiger charge is -2.07. The predicted octanol–water partition coefficient (Wildman–Crippen LogP) is 5.41. The van der Waals surface area contributed by atoms with Crippen molar-refractivity contribution in [2.24, 2.45) is 0 Å². The maximum atomic E-state index is 13.7. The molecule has 0 aliphatic heterocycles. The van der Waals surface area contributed by atoms with Crippen LogP contribution in [-0.4, -0.2) is 15.9 Å². The first-order chi connectivity index (χ1) is 14.6. The fourth-order valence-electron chi connectivity index (χ4n) is 2.79. The summed E-state index contributed by atoms with van der Waals surface area (Å²) in [6.45, 7) is 0. The van der Waals surface area contributed by atoms with Gasteiger partial charge in [-0.3, -0.25) is 9.78 Å². The summed E-state index contributed by atoms with van der Waals surface area (Å²) >= 11 is 1.48. The van der Waals surface area contributed by atoms with Gasteiger partial charge >= 0.3 is 0 Å². The molecule has 2 aromatic carbocycles. The molecule has 0 spiro atoms. The summed E-state index contributed by atoms with van der Waals surface area (Å²) in [6.07, 6.45) is 3.24. The second-order valence-electron chi connectivity index (χ2n) is 6.44. The highest BCUT2D eigenvalue weighted by Crippen LogP contribution is 2.27. The average molecular weight is 422 g/mol. The molecule has 30 heavy (non-hydrogen) atoms. The van der Waals surface area contributed by atoms with Gasteiger partial charge in [-0.05, 0) is 35.9 Å². The van der Waals surface area contributed by atoms with E-state index in [-0.39, 0.29) is 17.9 Å². The standard InChI is InChI=1S/C22H16F2N4OS/c23-16-6-3-15(19(24)11-16)10-21(29)26-17-7-4-14(5-8-17)20-13-30-22(28-20)27-18-2-1-9-25-12-18/h1-9,11-13H,10H2,(H,26,29)(H,27,28).